The molecule has 0 fully saturated rings. The van der Waals surface area contributed by atoms with Gasteiger partial charge in [0, 0.05) is 48.5 Å². The predicted molar refractivity (Wildman–Crippen MR) is 138 cm³/mol. The molecule has 0 aliphatic rings. The van der Waals surface area contributed by atoms with Gasteiger partial charge in [0.15, 0.2) is 0 Å². The number of anilines is 2. The van der Waals surface area contributed by atoms with E-state index in [-0.39, 0.29) is 32.3 Å². The van der Waals surface area contributed by atoms with Gasteiger partial charge >= 0.3 is 0 Å². The van der Waals surface area contributed by atoms with Crippen molar-refractivity contribution in [3.8, 4) is 0 Å². The minimum atomic E-state index is -0.0198. The topological polar surface area (TPSA) is 87.4 Å². The Morgan fingerprint density at radius 3 is 1.09 bits per heavy atom. The number of aliphatic hydroxyl groups excluding tert-OH is 4. The fourth-order valence-electron chi connectivity index (χ4n) is 4.21. The van der Waals surface area contributed by atoms with Crippen LogP contribution >= 0.6 is 11.6 Å². The summed E-state index contributed by atoms with van der Waals surface area (Å²) in [6.07, 6.45) is 0. The van der Waals surface area contributed by atoms with E-state index in [4.69, 9.17) is 11.6 Å². The van der Waals surface area contributed by atoms with Crippen molar-refractivity contribution in [2.45, 2.75) is 5.92 Å². The van der Waals surface area contributed by atoms with Gasteiger partial charge in [0.1, 0.15) is 0 Å². The van der Waals surface area contributed by atoms with Crippen molar-refractivity contribution in [1.82, 2.24) is 0 Å². The molecule has 6 nitrogen and oxygen atoms in total. The highest BCUT2D eigenvalue weighted by Crippen LogP contribution is 2.34. The van der Waals surface area contributed by atoms with E-state index in [2.05, 4.69) is 24.3 Å². The number of rotatable bonds is 13. The lowest BCUT2D eigenvalue weighted by Crippen LogP contribution is -2.29. The standard InChI is InChI=1S/C27H33ClN2O4/c28-24-7-1-21(2-8-24)27(22-3-9-25(10-4-22)29(13-17-31)14-18-32)23-5-11-26(12-6-23)30(15-19-33)16-20-34/h1-12,27,31-34H,13-20H2. The average Bonchev–Trinajstić information content (AvgIpc) is 2.86. The molecule has 3 aromatic rings. The first-order chi connectivity index (χ1) is 16.6. The average molecular weight is 485 g/mol. The molecule has 0 unspecified atom stereocenters. The third-order valence-corrected chi connectivity index (χ3v) is 6.12. The molecule has 3 aromatic carbocycles. The summed E-state index contributed by atoms with van der Waals surface area (Å²) < 4.78 is 0. The Balaban J connectivity index is 1.96. The van der Waals surface area contributed by atoms with E-state index < -0.39 is 0 Å². The van der Waals surface area contributed by atoms with Crippen molar-refractivity contribution < 1.29 is 20.4 Å². The normalized spacial score (nSPS) is 11.1. The number of nitrogens with zero attached hydrogens (tertiary/aromatic N) is 2. The molecule has 0 spiro atoms. The van der Waals surface area contributed by atoms with Gasteiger partial charge in [-0.2, -0.15) is 0 Å². The first-order valence-electron chi connectivity index (χ1n) is 11.5. The second kappa shape index (κ2) is 13.3. The van der Waals surface area contributed by atoms with E-state index in [1.807, 2.05) is 58.3 Å². The van der Waals surface area contributed by atoms with Crippen LogP contribution in [0.15, 0.2) is 72.8 Å². The molecule has 182 valence electrons. The largest absolute Gasteiger partial charge is 0.395 e. The molecule has 0 aromatic heterocycles. The lowest BCUT2D eigenvalue weighted by atomic mass is 9.85. The number of halogens is 1. The molecule has 3 rings (SSSR count). The minimum absolute atomic E-state index is 0.0189. The van der Waals surface area contributed by atoms with Gasteiger partial charge in [0.2, 0.25) is 0 Å². The Hall–Kier alpha value is -2.61. The monoisotopic (exact) mass is 484 g/mol. The quantitative estimate of drug-likeness (QED) is 0.279. The SMILES string of the molecule is OCCN(CCO)c1ccc(C(c2ccc(Cl)cc2)c2ccc(N(CCO)CCO)cc2)cc1. The number of hydrogen-bond acceptors (Lipinski definition) is 6. The maximum Gasteiger partial charge on any atom is 0.0606 e. The second-order valence-corrected chi connectivity index (χ2v) is 8.47. The van der Waals surface area contributed by atoms with Crippen LogP contribution in [-0.2, 0) is 0 Å². The third-order valence-electron chi connectivity index (χ3n) is 5.87. The van der Waals surface area contributed by atoms with Crippen LogP contribution in [0.3, 0.4) is 0 Å². The molecule has 0 atom stereocenters. The van der Waals surface area contributed by atoms with Crippen molar-refractivity contribution in [1.29, 1.82) is 0 Å². The zero-order valence-electron chi connectivity index (χ0n) is 19.2. The van der Waals surface area contributed by atoms with Gasteiger partial charge in [-0.1, -0.05) is 48.0 Å². The highest BCUT2D eigenvalue weighted by Gasteiger charge is 2.18. The minimum Gasteiger partial charge on any atom is -0.395 e. The van der Waals surface area contributed by atoms with Crippen LogP contribution in [0.25, 0.3) is 0 Å². The summed E-state index contributed by atoms with van der Waals surface area (Å²) >= 11 is 6.15. The van der Waals surface area contributed by atoms with Gasteiger partial charge in [-0.15, -0.1) is 0 Å². The van der Waals surface area contributed by atoms with Crippen molar-refractivity contribution in [3.63, 3.8) is 0 Å². The van der Waals surface area contributed by atoms with Crippen LogP contribution in [0, 0.1) is 0 Å². The Morgan fingerprint density at radius 1 is 0.500 bits per heavy atom. The lowest BCUT2D eigenvalue weighted by Gasteiger charge is -2.26. The number of aliphatic hydroxyl groups is 4. The molecular weight excluding hydrogens is 452 g/mol. The zero-order chi connectivity index (χ0) is 24.3. The van der Waals surface area contributed by atoms with Crippen LogP contribution in [0.2, 0.25) is 5.02 Å². The summed E-state index contributed by atoms with van der Waals surface area (Å²) in [6.45, 7) is 1.91. The van der Waals surface area contributed by atoms with Crippen LogP contribution in [0.1, 0.15) is 22.6 Å². The Labute approximate surface area is 206 Å². The molecule has 34 heavy (non-hydrogen) atoms. The third kappa shape index (κ3) is 6.72. The van der Waals surface area contributed by atoms with Gasteiger partial charge < -0.3 is 30.2 Å². The van der Waals surface area contributed by atoms with Gasteiger partial charge in [-0.05, 0) is 53.1 Å². The first-order valence-corrected chi connectivity index (χ1v) is 11.9. The van der Waals surface area contributed by atoms with E-state index in [9.17, 15) is 20.4 Å². The summed E-state index contributed by atoms with van der Waals surface area (Å²) in [7, 11) is 0. The van der Waals surface area contributed by atoms with Crippen molar-refractivity contribution >= 4 is 23.0 Å². The summed E-state index contributed by atoms with van der Waals surface area (Å²) in [5.41, 5.74) is 5.21. The highest BCUT2D eigenvalue weighted by atomic mass is 35.5. The van der Waals surface area contributed by atoms with Crippen LogP contribution in [0.5, 0.6) is 0 Å². The Bertz CT molecular complexity index is 910. The van der Waals surface area contributed by atoms with Gasteiger partial charge in [0.25, 0.3) is 0 Å². The fourth-order valence-corrected chi connectivity index (χ4v) is 4.34. The van der Waals surface area contributed by atoms with E-state index in [1.165, 1.54) is 0 Å². The number of hydrogen-bond donors (Lipinski definition) is 4. The second-order valence-electron chi connectivity index (χ2n) is 8.04. The molecule has 0 aliphatic carbocycles. The molecule has 0 saturated carbocycles. The van der Waals surface area contributed by atoms with Crippen molar-refractivity contribution in [2.75, 3.05) is 62.4 Å². The molecule has 4 N–H and O–H groups in total. The van der Waals surface area contributed by atoms with E-state index in [0.717, 1.165) is 28.1 Å². The lowest BCUT2D eigenvalue weighted by molar-refractivity contribution is 0.280. The summed E-state index contributed by atoms with van der Waals surface area (Å²) in [5.74, 6) is -0.0198. The van der Waals surface area contributed by atoms with Crippen LogP contribution in [0.4, 0.5) is 11.4 Å². The Morgan fingerprint density at radius 2 is 0.794 bits per heavy atom. The van der Waals surface area contributed by atoms with Crippen LogP contribution < -0.4 is 9.80 Å². The zero-order valence-corrected chi connectivity index (χ0v) is 20.0. The summed E-state index contributed by atoms with van der Waals surface area (Å²) in [5, 5.41) is 38.1. The summed E-state index contributed by atoms with van der Waals surface area (Å²) in [4.78, 5) is 3.90. The Kier molecular flexibility index (Phi) is 10.2. The van der Waals surface area contributed by atoms with E-state index >= 15 is 0 Å². The molecule has 0 radical (unpaired) electrons. The van der Waals surface area contributed by atoms with Crippen molar-refractivity contribution in [3.05, 3.63) is 94.5 Å². The molecule has 7 heteroatoms. The van der Waals surface area contributed by atoms with Gasteiger partial charge in [-0.3, -0.25) is 0 Å². The predicted octanol–water partition coefficient (Wildman–Crippen LogP) is 3.10. The molecule has 0 heterocycles. The molecule has 0 saturated heterocycles. The smallest absolute Gasteiger partial charge is 0.0606 e. The molecular formula is C27H33ClN2O4. The maximum atomic E-state index is 9.35. The van der Waals surface area contributed by atoms with Gasteiger partial charge in [0.05, 0.1) is 26.4 Å². The fraction of sp³-hybridized carbons (Fsp3) is 0.333. The molecule has 0 bridgehead atoms. The highest BCUT2D eigenvalue weighted by molar-refractivity contribution is 6.30. The summed E-state index contributed by atoms with van der Waals surface area (Å²) in [6, 6.07) is 24.2. The van der Waals surface area contributed by atoms with E-state index in [0.29, 0.717) is 31.2 Å². The first kappa shape index (κ1) is 26.0. The maximum absolute atomic E-state index is 9.35. The van der Waals surface area contributed by atoms with Crippen molar-refractivity contribution in [2.24, 2.45) is 0 Å². The van der Waals surface area contributed by atoms with E-state index in [1.54, 1.807) is 0 Å². The van der Waals surface area contributed by atoms with Crippen LogP contribution in [-0.4, -0.2) is 73.0 Å². The molecule has 0 amide bonds. The molecule has 0 aliphatic heterocycles. The number of benzene rings is 3. The van der Waals surface area contributed by atoms with Gasteiger partial charge in [-0.25, -0.2) is 0 Å².